The van der Waals surface area contributed by atoms with Gasteiger partial charge in [0, 0.05) is 24.8 Å². The van der Waals surface area contributed by atoms with Crippen molar-refractivity contribution in [2.45, 2.75) is 63.2 Å². The maximum atomic E-state index is 13.2. The first-order chi connectivity index (χ1) is 17.2. The van der Waals surface area contributed by atoms with Crippen molar-refractivity contribution in [3.05, 3.63) is 30.1 Å². The van der Waals surface area contributed by atoms with E-state index in [2.05, 4.69) is 32.5 Å². The Labute approximate surface area is 207 Å². The third kappa shape index (κ3) is 5.24. The molecule has 5 rings (SSSR count). The third-order valence-corrected chi connectivity index (χ3v) is 7.24. The van der Waals surface area contributed by atoms with Crippen LogP contribution >= 0.6 is 0 Å². The second-order valence-electron chi connectivity index (χ2n) is 9.95. The van der Waals surface area contributed by atoms with Crippen molar-refractivity contribution in [3.8, 4) is 0 Å². The highest BCUT2D eigenvalue weighted by Crippen LogP contribution is 2.37. The molecule has 2 aliphatic rings. The standard InChI is InChI=1S/C24H31F3N8O/c1-23(9-11-36-12-10-23)34-21-29-14-17-20(33-21)35(16-7-5-15(13-28)6-8-16)22(30-17)32-19-4-2-3-18(31-19)24(25,26)27/h2-4,14-16H,5-13,28H2,1H3,(H,29,33,34)(H,30,31,32). The highest BCUT2D eigenvalue weighted by atomic mass is 19.4. The number of ether oxygens (including phenoxy) is 1. The maximum Gasteiger partial charge on any atom is 0.433 e. The van der Waals surface area contributed by atoms with Crippen molar-refractivity contribution in [2.75, 3.05) is 30.4 Å². The molecule has 1 aliphatic carbocycles. The number of pyridine rings is 1. The fourth-order valence-corrected chi connectivity index (χ4v) is 5.02. The first-order valence-corrected chi connectivity index (χ1v) is 12.4. The molecule has 1 saturated carbocycles. The summed E-state index contributed by atoms with van der Waals surface area (Å²) in [4.78, 5) is 17.7. The molecule has 0 aromatic carbocycles. The van der Waals surface area contributed by atoms with Crippen LogP contribution < -0.4 is 16.4 Å². The number of anilines is 3. The summed E-state index contributed by atoms with van der Waals surface area (Å²) in [5, 5.41) is 6.48. The van der Waals surface area contributed by atoms with Gasteiger partial charge in [0.05, 0.1) is 6.20 Å². The molecule has 4 N–H and O–H groups in total. The fraction of sp³-hybridized carbons (Fsp3) is 0.583. The Bertz CT molecular complexity index is 1200. The van der Waals surface area contributed by atoms with Crippen LogP contribution in [0.5, 0.6) is 0 Å². The van der Waals surface area contributed by atoms with Gasteiger partial charge in [0.15, 0.2) is 5.65 Å². The van der Waals surface area contributed by atoms with Crippen molar-refractivity contribution >= 4 is 28.9 Å². The van der Waals surface area contributed by atoms with E-state index in [1.807, 2.05) is 4.57 Å². The molecule has 2 fully saturated rings. The van der Waals surface area contributed by atoms with E-state index in [1.54, 1.807) is 6.20 Å². The van der Waals surface area contributed by atoms with Crippen molar-refractivity contribution in [2.24, 2.45) is 11.7 Å². The van der Waals surface area contributed by atoms with Gasteiger partial charge in [-0.05, 0) is 70.0 Å². The average molecular weight is 505 g/mol. The van der Waals surface area contributed by atoms with E-state index in [9.17, 15) is 13.2 Å². The van der Waals surface area contributed by atoms with Crippen LogP contribution in [-0.2, 0) is 10.9 Å². The largest absolute Gasteiger partial charge is 0.433 e. The van der Waals surface area contributed by atoms with Crippen LogP contribution in [0.2, 0.25) is 0 Å². The van der Waals surface area contributed by atoms with Gasteiger partial charge in [-0.2, -0.15) is 18.2 Å². The quantitative estimate of drug-likeness (QED) is 0.444. The van der Waals surface area contributed by atoms with Crippen LogP contribution in [0.15, 0.2) is 24.4 Å². The van der Waals surface area contributed by atoms with Gasteiger partial charge >= 0.3 is 6.18 Å². The Hall–Kier alpha value is -2.99. The Morgan fingerprint density at radius 1 is 1.11 bits per heavy atom. The van der Waals surface area contributed by atoms with E-state index < -0.39 is 11.9 Å². The van der Waals surface area contributed by atoms with Crippen LogP contribution in [0.3, 0.4) is 0 Å². The number of rotatable bonds is 6. The minimum Gasteiger partial charge on any atom is -0.381 e. The molecule has 0 unspecified atom stereocenters. The van der Waals surface area contributed by atoms with Crippen molar-refractivity contribution in [1.82, 2.24) is 24.5 Å². The summed E-state index contributed by atoms with van der Waals surface area (Å²) in [5.41, 5.74) is 5.94. The highest BCUT2D eigenvalue weighted by molar-refractivity contribution is 5.76. The predicted octanol–water partition coefficient (Wildman–Crippen LogP) is 4.65. The van der Waals surface area contributed by atoms with E-state index in [0.717, 1.165) is 44.6 Å². The summed E-state index contributed by atoms with van der Waals surface area (Å²) in [6.07, 6.45) is 2.48. The molecule has 1 aliphatic heterocycles. The van der Waals surface area contributed by atoms with Gasteiger partial charge in [-0.15, -0.1) is 0 Å². The summed E-state index contributed by atoms with van der Waals surface area (Å²) in [6.45, 7) is 4.12. The first-order valence-electron chi connectivity index (χ1n) is 12.4. The summed E-state index contributed by atoms with van der Waals surface area (Å²) < 4.78 is 47.2. The number of halogens is 3. The number of nitrogens with one attached hydrogen (secondary N) is 2. The van der Waals surface area contributed by atoms with Gasteiger partial charge in [0.1, 0.15) is 17.0 Å². The number of aromatic nitrogens is 5. The molecule has 4 heterocycles. The zero-order valence-electron chi connectivity index (χ0n) is 20.2. The topological polar surface area (TPSA) is 116 Å². The average Bonchev–Trinajstić information content (AvgIpc) is 3.21. The molecule has 3 aromatic heterocycles. The van der Waals surface area contributed by atoms with Crippen molar-refractivity contribution in [3.63, 3.8) is 0 Å². The lowest BCUT2D eigenvalue weighted by molar-refractivity contribution is -0.141. The van der Waals surface area contributed by atoms with Crippen LogP contribution in [-0.4, -0.2) is 49.8 Å². The molecule has 3 aromatic rings. The Balaban J connectivity index is 1.51. The van der Waals surface area contributed by atoms with Crippen molar-refractivity contribution < 1.29 is 17.9 Å². The van der Waals surface area contributed by atoms with Crippen LogP contribution in [0, 0.1) is 5.92 Å². The van der Waals surface area contributed by atoms with Gasteiger partial charge in [0.2, 0.25) is 11.9 Å². The van der Waals surface area contributed by atoms with Gasteiger partial charge in [-0.1, -0.05) is 6.07 Å². The lowest BCUT2D eigenvalue weighted by Crippen LogP contribution is -2.41. The molecule has 9 nitrogen and oxygen atoms in total. The molecular formula is C24H31F3N8O. The zero-order chi connectivity index (χ0) is 25.3. The normalized spacial score (nSPS) is 22.5. The molecule has 36 heavy (non-hydrogen) atoms. The van der Waals surface area contributed by atoms with Gasteiger partial charge < -0.3 is 21.1 Å². The number of alkyl halides is 3. The molecule has 0 amide bonds. The monoisotopic (exact) mass is 504 g/mol. The Morgan fingerprint density at radius 2 is 1.86 bits per heavy atom. The van der Waals surface area contributed by atoms with E-state index in [0.29, 0.717) is 48.7 Å². The summed E-state index contributed by atoms with van der Waals surface area (Å²) >= 11 is 0. The lowest BCUT2D eigenvalue weighted by atomic mass is 9.86. The molecule has 0 spiro atoms. The smallest absolute Gasteiger partial charge is 0.381 e. The highest BCUT2D eigenvalue weighted by Gasteiger charge is 2.33. The minimum absolute atomic E-state index is 0.0676. The second kappa shape index (κ2) is 9.81. The molecular weight excluding hydrogens is 473 g/mol. The number of fused-ring (bicyclic) bond motifs is 1. The van der Waals surface area contributed by atoms with E-state index >= 15 is 0 Å². The van der Waals surface area contributed by atoms with Crippen LogP contribution in [0.1, 0.15) is 57.2 Å². The van der Waals surface area contributed by atoms with Gasteiger partial charge in [-0.25, -0.2) is 15.0 Å². The summed E-state index contributed by atoms with van der Waals surface area (Å²) in [7, 11) is 0. The fourth-order valence-electron chi connectivity index (χ4n) is 5.02. The third-order valence-electron chi connectivity index (χ3n) is 7.24. The number of nitrogens with zero attached hydrogens (tertiary/aromatic N) is 5. The Morgan fingerprint density at radius 3 is 2.56 bits per heavy atom. The molecule has 1 saturated heterocycles. The van der Waals surface area contributed by atoms with Crippen LogP contribution in [0.4, 0.5) is 30.9 Å². The lowest BCUT2D eigenvalue weighted by Gasteiger charge is -2.34. The summed E-state index contributed by atoms with van der Waals surface area (Å²) in [5.74, 6) is 1.43. The first kappa shape index (κ1) is 24.7. The van der Waals surface area contributed by atoms with E-state index in [-0.39, 0.29) is 17.4 Å². The number of nitrogens with two attached hydrogens (primary N) is 1. The van der Waals surface area contributed by atoms with E-state index in [1.165, 1.54) is 12.1 Å². The van der Waals surface area contributed by atoms with Gasteiger partial charge in [-0.3, -0.25) is 4.57 Å². The van der Waals surface area contributed by atoms with E-state index in [4.69, 9.17) is 15.5 Å². The predicted molar refractivity (Wildman–Crippen MR) is 130 cm³/mol. The van der Waals surface area contributed by atoms with Gasteiger partial charge in [0.25, 0.3) is 0 Å². The van der Waals surface area contributed by atoms with Crippen molar-refractivity contribution in [1.29, 1.82) is 0 Å². The van der Waals surface area contributed by atoms with Crippen LogP contribution in [0.25, 0.3) is 11.2 Å². The maximum absolute atomic E-state index is 13.2. The minimum atomic E-state index is -4.54. The molecule has 194 valence electrons. The summed E-state index contributed by atoms with van der Waals surface area (Å²) in [6, 6.07) is 3.85. The number of hydrogen-bond donors (Lipinski definition) is 3. The molecule has 0 atom stereocenters. The number of hydrogen-bond acceptors (Lipinski definition) is 8. The molecule has 0 bridgehead atoms. The molecule has 12 heteroatoms. The number of imidazole rings is 1. The Kier molecular flexibility index (Phi) is 6.73. The second-order valence-corrected chi connectivity index (χ2v) is 9.95. The molecule has 0 radical (unpaired) electrons. The zero-order valence-corrected chi connectivity index (χ0v) is 20.2. The SMILES string of the molecule is CC1(Nc2ncc3nc(Nc4cccc(C(F)(F)F)n4)n(C4CCC(CN)CC4)c3n2)CCOCC1.